The van der Waals surface area contributed by atoms with Gasteiger partial charge in [0.2, 0.25) is 0 Å². The molecule has 0 spiro atoms. The zero-order chi connectivity index (χ0) is 30.2. The maximum atomic E-state index is 2.36. The number of aromatic nitrogens is 1. The van der Waals surface area contributed by atoms with Crippen molar-refractivity contribution < 1.29 is 0 Å². The van der Waals surface area contributed by atoms with Crippen LogP contribution in [-0.4, -0.2) is 4.57 Å². The van der Waals surface area contributed by atoms with Crippen molar-refractivity contribution in [2.24, 2.45) is 0 Å². The molecule has 0 aliphatic rings. The van der Waals surface area contributed by atoms with E-state index in [9.17, 15) is 0 Å². The summed E-state index contributed by atoms with van der Waals surface area (Å²) in [6.07, 6.45) is 0. The quantitative estimate of drug-likeness (QED) is 0.191. The van der Waals surface area contributed by atoms with E-state index in [1.165, 1.54) is 55.3 Å². The van der Waals surface area contributed by atoms with Crippen molar-refractivity contribution in [3.8, 4) is 27.9 Å². The summed E-state index contributed by atoms with van der Waals surface area (Å²) >= 11 is 0. The Labute approximate surface area is 264 Å². The third-order valence-electron chi connectivity index (χ3n) is 8.62. The van der Waals surface area contributed by atoms with Crippen molar-refractivity contribution in [1.82, 2.24) is 4.57 Å². The van der Waals surface area contributed by atoms with E-state index in [0.29, 0.717) is 0 Å². The highest BCUT2D eigenvalue weighted by Crippen LogP contribution is 2.39. The lowest BCUT2D eigenvalue weighted by molar-refractivity contribution is 1.18. The lowest BCUT2D eigenvalue weighted by atomic mass is 10.0. The van der Waals surface area contributed by atoms with Crippen LogP contribution >= 0.6 is 0 Å². The summed E-state index contributed by atoms with van der Waals surface area (Å²) < 4.78 is 2.36. The van der Waals surface area contributed by atoms with Crippen molar-refractivity contribution in [3.05, 3.63) is 181 Å². The van der Waals surface area contributed by atoms with Gasteiger partial charge in [0.25, 0.3) is 0 Å². The van der Waals surface area contributed by atoms with E-state index in [0.717, 1.165) is 17.1 Å². The summed E-state index contributed by atoms with van der Waals surface area (Å²) in [5, 5.41) is 2.51. The molecule has 2 nitrogen and oxygen atoms in total. The van der Waals surface area contributed by atoms with Crippen LogP contribution in [0.1, 0.15) is 5.56 Å². The monoisotopic (exact) mass is 576 g/mol. The van der Waals surface area contributed by atoms with E-state index >= 15 is 0 Å². The van der Waals surface area contributed by atoms with Gasteiger partial charge in [-0.2, -0.15) is 0 Å². The summed E-state index contributed by atoms with van der Waals surface area (Å²) in [5.74, 6) is 0. The highest BCUT2D eigenvalue weighted by molar-refractivity contribution is 6.10. The molecule has 0 aliphatic carbocycles. The summed E-state index contributed by atoms with van der Waals surface area (Å²) in [4.78, 5) is 2.35. The number of nitrogens with zero attached hydrogens (tertiary/aromatic N) is 2. The normalized spacial score (nSPS) is 11.2. The van der Waals surface area contributed by atoms with Gasteiger partial charge in [-0.25, -0.2) is 0 Å². The minimum Gasteiger partial charge on any atom is -0.310 e. The fourth-order valence-corrected chi connectivity index (χ4v) is 6.48. The maximum absolute atomic E-state index is 2.36. The number of fused-ring (bicyclic) bond motifs is 3. The highest BCUT2D eigenvalue weighted by Gasteiger charge is 2.16. The second kappa shape index (κ2) is 11.3. The topological polar surface area (TPSA) is 8.17 Å². The van der Waals surface area contributed by atoms with Gasteiger partial charge < -0.3 is 9.47 Å². The zero-order valence-electron chi connectivity index (χ0n) is 25.1. The van der Waals surface area contributed by atoms with Gasteiger partial charge in [0, 0.05) is 33.5 Å². The fourth-order valence-electron chi connectivity index (χ4n) is 6.48. The second-order valence-corrected chi connectivity index (χ2v) is 11.6. The van der Waals surface area contributed by atoms with Crippen molar-refractivity contribution in [2.75, 3.05) is 4.90 Å². The van der Waals surface area contributed by atoms with Gasteiger partial charge in [-0.3, -0.25) is 0 Å². The molecule has 214 valence electrons. The van der Waals surface area contributed by atoms with Crippen molar-refractivity contribution in [2.45, 2.75) is 6.92 Å². The Hall–Kier alpha value is -5.86. The Kier molecular flexibility index (Phi) is 6.73. The molecular weight excluding hydrogens is 544 g/mol. The lowest BCUT2D eigenvalue weighted by Gasteiger charge is -2.26. The van der Waals surface area contributed by atoms with Crippen LogP contribution in [0.4, 0.5) is 17.1 Å². The smallest absolute Gasteiger partial charge is 0.0541 e. The first kappa shape index (κ1) is 26.7. The van der Waals surface area contributed by atoms with E-state index in [4.69, 9.17) is 0 Å². The molecule has 0 saturated carbocycles. The van der Waals surface area contributed by atoms with Crippen LogP contribution in [0.25, 0.3) is 49.7 Å². The zero-order valence-corrected chi connectivity index (χ0v) is 25.1. The molecule has 0 N–H and O–H groups in total. The molecule has 1 heterocycles. The highest BCUT2D eigenvalue weighted by atomic mass is 15.1. The van der Waals surface area contributed by atoms with E-state index in [1.807, 2.05) is 0 Å². The second-order valence-electron chi connectivity index (χ2n) is 11.6. The minimum absolute atomic E-state index is 1.12. The number of hydrogen-bond donors (Lipinski definition) is 0. The predicted molar refractivity (Wildman–Crippen MR) is 191 cm³/mol. The van der Waals surface area contributed by atoms with Crippen LogP contribution in [0, 0.1) is 6.92 Å². The molecule has 1 aromatic heterocycles. The molecule has 8 rings (SSSR count). The van der Waals surface area contributed by atoms with Gasteiger partial charge in [0.1, 0.15) is 0 Å². The van der Waals surface area contributed by atoms with Crippen molar-refractivity contribution >= 4 is 38.9 Å². The molecule has 0 fully saturated rings. The average molecular weight is 577 g/mol. The summed E-state index contributed by atoms with van der Waals surface area (Å²) in [7, 11) is 0. The number of anilines is 3. The molecule has 0 bridgehead atoms. The maximum Gasteiger partial charge on any atom is 0.0541 e. The minimum atomic E-state index is 1.12. The number of rotatable bonds is 6. The summed E-state index contributed by atoms with van der Waals surface area (Å²) in [5.41, 5.74) is 13.0. The summed E-state index contributed by atoms with van der Waals surface area (Å²) in [6, 6.07) is 63.3. The predicted octanol–water partition coefficient (Wildman–Crippen LogP) is 11.9. The first-order valence-corrected chi connectivity index (χ1v) is 15.4. The standard InChI is InChI=1S/C43H32N2/c1-31-12-10-18-38(28-31)44(37-25-22-33(23-26-37)32-13-4-2-5-14-32)39-19-11-15-34(29-39)35-24-27-43-41(30-35)40-20-8-9-21-42(40)45(43)36-16-6-3-7-17-36/h2-30H,1H3. The van der Waals surface area contributed by atoms with E-state index in [1.54, 1.807) is 0 Å². The lowest BCUT2D eigenvalue weighted by Crippen LogP contribution is -2.10. The Morgan fingerprint density at radius 1 is 0.378 bits per heavy atom. The van der Waals surface area contributed by atoms with Crippen molar-refractivity contribution in [3.63, 3.8) is 0 Å². The van der Waals surface area contributed by atoms with Crippen LogP contribution < -0.4 is 4.90 Å². The molecule has 0 aliphatic heterocycles. The Morgan fingerprint density at radius 2 is 0.956 bits per heavy atom. The fraction of sp³-hybridized carbons (Fsp3) is 0.0233. The third kappa shape index (κ3) is 4.97. The van der Waals surface area contributed by atoms with E-state index in [-0.39, 0.29) is 0 Å². The number of benzene rings is 7. The van der Waals surface area contributed by atoms with Gasteiger partial charge in [-0.05, 0) is 101 Å². The average Bonchev–Trinajstić information content (AvgIpc) is 3.43. The molecule has 0 amide bonds. The van der Waals surface area contributed by atoms with Crippen LogP contribution in [0.5, 0.6) is 0 Å². The number of aryl methyl sites for hydroxylation is 1. The Bertz CT molecular complexity index is 2260. The molecule has 0 radical (unpaired) electrons. The molecule has 2 heteroatoms. The molecular formula is C43H32N2. The third-order valence-corrected chi connectivity index (χ3v) is 8.62. The molecule has 0 unspecified atom stereocenters. The Balaban J connectivity index is 1.24. The SMILES string of the molecule is Cc1cccc(N(c2ccc(-c3ccccc3)cc2)c2cccc(-c3ccc4c(c3)c3ccccc3n4-c3ccccc3)c2)c1. The van der Waals surface area contributed by atoms with Crippen LogP contribution in [0.2, 0.25) is 0 Å². The van der Waals surface area contributed by atoms with E-state index in [2.05, 4.69) is 192 Å². The van der Waals surface area contributed by atoms with Crippen LogP contribution in [0.3, 0.4) is 0 Å². The molecule has 7 aromatic carbocycles. The van der Waals surface area contributed by atoms with Gasteiger partial charge in [0.05, 0.1) is 11.0 Å². The molecule has 0 atom stereocenters. The largest absolute Gasteiger partial charge is 0.310 e. The molecule has 45 heavy (non-hydrogen) atoms. The number of para-hydroxylation sites is 2. The van der Waals surface area contributed by atoms with Gasteiger partial charge in [-0.15, -0.1) is 0 Å². The van der Waals surface area contributed by atoms with Crippen molar-refractivity contribution in [1.29, 1.82) is 0 Å². The Morgan fingerprint density at radius 3 is 1.73 bits per heavy atom. The van der Waals surface area contributed by atoms with Gasteiger partial charge in [-0.1, -0.05) is 109 Å². The molecule has 8 aromatic rings. The number of hydrogen-bond acceptors (Lipinski definition) is 1. The van der Waals surface area contributed by atoms with Crippen LogP contribution in [0.15, 0.2) is 176 Å². The molecule has 0 saturated heterocycles. The van der Waals surface area contributed by atoms with Crippen LogP contribution in [-0.2, 0) is 0 Å². The first-order valence-electron chi connectivity index (χ1n) is 15.4. The van der Waals surface area contributed by atoms with E-state index < -0.39 is 0 Å². The van der Waals surface area contributed by atoms with Gasteiger partial charge >= 0.3 is 0 Å². The first-order chi connectivity index (χ1) is 22.2. The summed E-state index contributed by atoms with van der Waals surface area (Å²) in [6.45, 7) is 2.15. The van der Waals surface area contributed by atoms with Gasteiger partial charge in [0.15, 0.2) is 0 Å².